The fraction of sp³-hybridized carbons (Fsp3) is 0.312. The second-order valence-electron chi connectivity index (χ2n) is 5.66. The quantitative estimate of drug-likeness (QED) is 0.844. The molecule has 1 fully saturated rings. The molecule has 1 aromatic heterocycles. The minimum atomic E-state index is -3.69. The molecule has 10 heteroatoms. The first-order valence-corrected chi connectivity index (χ1v) is 9.67. The zero-order valence-electron chi connectivity index (χ0n) is 14.0. The van der Waals surface area contributed by atoms with Crippen molar-refractivity contribution in [2.75, 3.05) is 31.6 Å². The number of rotatable bonds is 4. The van der Waals surface area contributed by atoms with Gasteiger partial charge in [-0.2, -0.15) is 4.31 Å². The molecule has 2 heterocycles. The van der Waals surface area contributed by atoms with E-state index in [1.165, 1.54) is 34.9 Å². The average molecular weight is 397 g/mol. The Balaban J connectivity index is 1.85. The van der Waals surface area contributed by atoms with Gasteiger partial charge in [-0.25, -0.2) is 13.4 Å². The highest BCUT2D eigenvalue weighted by atomic mass is 35.5. The van der Waals surface area contributed by atoms with Gasteiger partial charge in [0.25, 0.3) is 5.91 Å². The van der Waals surface area contributed by atoms with Crippen molar-refractivity contribution in [1.82, 2.24) is 14.3 Å². The first-order chi connectivity index (χ1) is 12.4. The Labute approximate surface area is 156 Å². The molecule has 1 N–H and O–H groups in total. The highest BCUT2D eigenvalue weighted by Crippen LogP contribution is 2.27. The van der Waals surface area contributed by atoms with Gasteiger partial charge in [0.1, 0.15) is 5.69 Å². The predicted molar refractivity (Wildman–Crippen MR) is 95.8 cm³/mol. The normalized spacial score (nSPS) is 15.6. The van der Waals surface area contributed by atoms with E-state index in [1.54, 1.807) is 6.92 Å². The number of aryl methyl sites for hydroxylation is 1. The van der Waals surface area contributed by atoms with E-state index >= 15 is 0 Å². The number of benzene rings is 1. The van der Waals surface area contributed by atoms with Crippen LogP contribution in [0.3, 0.4) is 0 Å². The van der Waals surface area contributed by atoms with E-state index in [0.29, 0.717) is 18.9 Å². The summed E-state index contributed by atoms with van der Waals surface area (Å²) in [6, 6.07) is 4.19. The molecule has 0 aliphatic carbocycles. The summed E-state index contributed by atoms with van der Waals surface area (Å²) in [7, 11) is -3.69. The lowest BCUT2D eigenvalue weighted by atomic mass is 10.3. The summed E-state index contributed by atoms with van der Waals surface area (Å²) >= 11 is 6.11. The van der Waals surface area contributed by atoms with Crippen molar-refractivity contribution in [2.24, 2.45) is 0 Å². The van der Waals surface area contributed by atoms with Gasteiger partial charge < -0.3 is 10.1 Å². The van der Waals surface area contributed by atoms with Crippen LogP contribution in [-0.4, -0.2) is 54.9 Å². The van der Waals surface area contributed by atoms with Crippen LogP contribution in [0.2, 0.25) is 5.02 Å². The third kappa shape index (κ3) is 4.01. The molecule has 1 amide bonds. The number of carbonyl (C=O) groups excluding carboxylic acids is 1. The minimum Gasteiger partial charge on any atom is -0.379 e. The summed E-state index contributed by atoms with van der Waals surface area (Å²) in [4.78, 5) is 20.3. The Morgan fingerprint density at radius 1 is 1.23 bits per heavy atom. The number of morpholine rings is 1. The summed E-state index contributed by atoms with van der Waals surface area (Å²) in [5.74, 6) is -0.527. The topological polar surface area (TPSA) is 101 Å². The molecule has 138 valence electrons. The predicted octanol–water partition coefficient (Wildman–Crippen LogP) is 1.71. The molecule has 1 aliphatic rings. The molecule has 0 radical (unpaired) electrons. The zero-order valence-corrected chi connectivity index (χ0v) is 15.5. The third-order valence-electron chi connectivity index (χ3n) is 3.81. The summed E-state index contributed by atoms with van der Waals surface area (Å²) in [6.45, 7) is 3.02. The van der Waals surface area contributed by atoms with Crippen molar-refractivity contribution in [1.29, 1.82) is 0 Å². The zero-order chi connectivity index (χ0) is 18.7. The first-order valence-electron chi connectivity index (χ1n) is 7.85. The SMILES string of the molecule is Cc1cnc(C(=O)Nc2cc(S(=O)(=O)N3CCOCC3)ccc2Cl)cn1. The van der Waals surface area contributed by atoms with Gasteiger partial charge in [0.05, 0.1) is 40.7 Å². The van der Waals surface area contributed by atoms with Gasteiger partial charge in [0.15, 0.2) is 0 Å². The molecule has 0 saturated carbocycles. The standard InChI is InChI=1S/C16H17ClN4O4S/c1-11-9-19-15(10-18-11)16(22)20-14-8-12(2-3-13(14)17)26(23,24)21-4-6-25-7-5-21/h2-3,8-10H,4-7H2,1H3,(H,20,22). The number of sulfonamides is 1. The van der Waals surface area contributed by atoms with Gasteiger partial charge in [-0.05, 0) is 25.1 Å². The molecular formula is C16H17ClN4O4S. The Morgan fingerprint density at radius 3 is 2.62 bits per heavy atom. The summed E-state index contributed by atoms with van der Waals surface area (Å²) in [5, 5.41) is 2.80. The van der Waals surface area contributed by atoms with Crippen molar-refractivity contribution in [3.8, 4) is 0 Å². The van der Waals surface area contributed by atoms with Gasteiger partial charge in [0, 0.05) is 19.3 Å². The van der Waals surface area contributed by atoms with E-state index in [4.69, 9.17) is 16.3 Å². The maximum atomic E-state index is 12.7. The Bertz CT molecular complexity index is 912. The van der Waals surface area contributed by atoms with E-state index in [9.17, 15) is 13.2 Å². The molecule has 0 atom stereocenters. The van der Waals surface area contributed by atoms with Crippen LogP contribution in [0.25, 0.3) is 0 Å². The lowest BCUT2D eigenvalue weighted by Gasteiger charge is -2.26. The number of nitrogens with one attached hydrogen (secondary N) is 1. The molecule has 8 nitrogen and oxygen atoms in total. The van der Waals surface area contributed by atoms with Gasteiger partial charge >= 0.3 is 0 Å². The molecule has 0 spiro atoms. The minimum absolute atomic E-state index is 0.0501. The van der Waals surface area contributed by atoms with E-state index in [0.717, 1.165) is 0 Å². The molecule has 0 bridgehead atoms. The van der Waals surface area contributed by atoms with E-state index in [-0.39, 0.29) is 34.4 Å². The van der Waals surface area contributed by atoms with Gasteiger partial charge in [-0.1, -0.05) is 11.6 Å². The van der Waals surface area contributed by atoms with Crippen LogP contribution in [0.4, 0.5) is 5.69 Å². The highest BCUT2D eigenvalue weighted by molar-refractivity contribution is 7.89. The second-order valence-corrected chi connectivity index (χ2v) is 8.00. The van der Waals surface area contributed by atoms with E-state index < -0.39 is 15.9 Å². The molecule has 1 aliphatic heterocycles. The van der Waals surface area contributed by atoms with Crippen molar-refractivity contribution >= 4 is 33.2 Å². The van der Waals surface area contributed by atoms with Crippen molar-refractivity contribution < 1.29 is 17.9 Å². The van der Waals surface area contributed by atoms with Crippen LogP contribution in [-0.2, 0) is 14.8 Å². The molecule has 1 saturated heterocycles. The van der Waals surface area contributed by atoms with Crippen LogP contribution in [0, 0.1) is 6.92 Å². The van der Waals surface area contributed by atoms with Crippen LogP contribution in [0.5, 0.6) is 0 Å². The Morgan fingerprint density at radius 2 is 1.96 bits per heavy atom. The molecule has 1 aromatic carbocycles. The maximum Gasteiger partial charge on any atom is 0.275 e. The third-order valence-corrected chi connectivity index (χ3v) is 6.03. The summed E-state index contributed by atoms with van der Waals surface area (Å²) in [6.07, 6.45) is 2.81. The number of carbonyl (C=O) groups is 1. The second kappa shape index (κ2) is 7.67. The summed E-state index contributed by atoms with van der Waals surface area (Å²) in [5.41, 5.74) is 0.972. The van der Waals surface area contributed by atoms with Gasteiger partial charge in [-0.15, -0.1) is 0 Å². The largest absolute Gasteiger partial charge is 0.379 e. The maximum absolute atomic E-state index is 12.7. The fourth-order valence-electron chi connectivity index (χ4n) is 2.39. The molecule has 3 rings (SSSR count). The highest BCUT2D eigenvalue weighted by Gasteiger charge is 2.27. The Kier molecular flexibility index (Phi) is 5.52. The van der Waals surface area contributed by atoms with Crippen LogP contribution in [0.1, 0.15) is 16.2 Å². The Hall–Kier alpha value is -2.07. The van der Waals surface area contributed by atoms with E-state index in [2.05, 4.69) is 15.3 Å². The van der Waals surface area contributed by atoms with Crippen LogP contribution >= 0.6 is 11.6 Å². The lowest BCUT2D eigenvalue weighted by Crippen LogP contribution is -2.40. The van der Waals surface area contributed by atoms with Gasteiger partial charge in [-0.3, -0.25) is 9.78 Å². The molecule has 26 heavy (non-hydrogen) atoms. The number of aromatic nitrogens is 2. The smallest absolute Gasteiger partial charge is 0.275 e. The number of ether oxygens (including phenoxy) is 1. The number of hydrogen-bond acceptors (Lipinski definition) is 6. The van der Waals surface area contributed by atoms with Crippen LogP contribution in [0.15, 0.2) is 35.5 Å². The van der Waals surface area contributed by atoms with E-state index in [1.807, 2.05) is 0 Å². The summed E-state index contributed by atoms with van der Waals surface area (Å²) < 4.78 is 32.0. The fourth-order valence-corrected chi connectivity index (χ4v) is 3.99. The number of halogens is 1. The van der Waals surface area contributed by atoms with Crippen molar-refractivity contribution in [3.63, 3.8) is 0 Å². The number of amides is 1. The van der Waals surface area contributed by atoms with Gasteiger partial charge in [0.2, 0.25) is 10.0 Å². The average Bonchev–Trinajstić information content (AvgIpc) is 2.64. The lowest BCUT2D eigenvalue weighted by molar-refractivity contribution is 0.0730. The van der Waals surface area contributed by atoms with Crippen LogP contribution < -0.4 is 5.32 Å². The van der Waals surface area contributed by atoms with Crippen molar-refractivity contribution in [2.45, 2.75) is 11.8 Å². The molecule has 0 unspecified atom stereocenters. The van der Waals surface area contributed by atoms with Crippen molar-refractivity contribution in [3.05, 3.63) is 47.0 Å². The monoisotopic (exact) mass is 396 g/mol. The molecule has 2 aromatic rings. The first kappa shape index (κ1) is 18.7. The number of hydrogen-bond donors (Lipinski definition) is 1. The number of anilines is 1. The number of nitrogens with zero attached hydrogens (tertiary/aromatic N) is 3. The molecular weight excluding hydrogens is 380 g/mol.